The van der Waals surface area contributed by atoms with Gasteiger partial charge in [-0.05, 0) is 35.8 Å². The molecule has 2 heterocycles. The predicted molar refractivity (Wildman–Crippen MR) is 84.1 cm³/mol. The van der Waals surface area contributed by atoms with Gasteiger partial charge in [0.05, 0.1) is 25.4 Å². The quantitative estimate of drug-likeness (QED) is 0.771. The standard InChI is InChI=1S/C15H21BrN2O2/c1-4-7-20-15(2,3)12-10-14(17-11-13(12)16)18-5-8-19-9-6-18/h4,10-11H,1,5-9H2,2-3H3. The number of hydrogen-bond acceptors (Lipinski definition) is 4. The molecular formula is C15H21BrN2O2. The maximum atomic E-state index is 5.87. The van der Waals surface area contributed by atoms with Gasteiger partial charge < -0.3 is 14.4 Å². The zero-order valence-corrected chi connectivity index (χ0v) is 13.6. The maximum absolute atomic E-state index is 5.87. The van der Waals surface area contributed by atoms with Crippen LogP contribution in [0, 0.1) is 0 Å². The van der Waals surface area contributed by atoms with E-state index in [0.29, 0.717) is 6.61 Å². The number of pyridine rings is 1. The molecule has 1 aromatic heterocycles. The molecule has 0 unspecified atom stereocenters. The van der Waals surface area contributed by atoms with Crippen LogP contribution in [0.15, 0.2) is 29.4 Å². The second kappa shape index (κ2) is 6.70. The molecule has 0 N–H and O–H groups in total. The molecule has 1 saturated heterocycles. The van der Waals surface area contributed by atoms with Gasteiger partial charge in [-0.1, -0.05) is 6.08 Å². The molecule has 1 aromatic rings. The first-order chi connectivity index (χ1) is 9.54. The number of morpholine rings is 1. The number of rotatable bonds is 5. The van der Waals surface area contributed by atoms with E-state index in [1.165, 1.54) is 0 Å². The third-order valence-corrected chi connectivity index (χ3v) is 4.02. The second-order valence-corrected chi connectivity index (χ2v) is 6.09. The predicted octanol–water partition coefficient (Wildman–Crippen LogP) is 3.12. The van der Waals surface area contributed by atoms with Gasteiger partial charge >= 0.3 is 0 Å². The lowest BCUT2D eigenvalue weighted by Gasteiger charge is -2.31. The van der Waals surface area contributed by atoms with Crippen molar-refractivity contribution in [3.05, 3.63) is 35.0 Å². The van der Waals surface area contributed by atoms with Crippen molar-refractivity contribution in [1.29, 1.82) is 0 Å². The highest BCUT2D eigenvalue weighted by atomic mass is 79.9. The van der Waals surface area contributed by atoms with Crippen LogP contribution in [0.5, 0.6) is 0 Å². The molecule has 0 spiro atoms. The summed E-state index contributed by atoms with van der Waals surface area (Å²) in [5.74, 6) is 0.974. The molecular weight excluding hydrogens is 320 g/mol. The minimum atomic E-state index is -0.392. The highest BCUT2D eigenvalue weighted by Gasteiger charge is 2.25. The van der Waals surface area contributed by atoms with Crippen LogP contribution in [0.25, 0.3) is 0 Å². The highest BCUT2D eigenvalue weighted by Crippen LogP contribution is 2.33. The van der Waals surface area contributed by atoms with E-state index in [2.05, 4.69) is 52.3 Å². The topological polar surface area (TPSA) is 34.6 Å². The summed E-state index contributed by atoms with van der Waals surface area (Å²) < 4.78 is 12.2. The van der Waals surface area contributed by atoms with Gasteiger partial charge in [0, 0.05) is 29.3 Å². The average Bonchev–Trinajstić information content (AvgIpc) is 2.46. The Hall–Kier alpha value is -0.910. The molecule has 5 heteroatoms. The number of nitrogens with zero attached hydrogens (tertiary/aromatic N) is 2. The summed E-state index contributed by atoms with van der Waals surface area (Å²) in [7, 11) is 0. The van der Waals surface area contributed by atoms with Crippen molar-refractivity contribution in [2.24, 2.45) is 0 Å². The molecule has 0 atom stereocenters. The van der Waals surface area contributed by atoms with Crippen molar-refractivity contribution in [2.45, 2.75) is 19.4 Å². The second-order valence-electron chi connectivity index (χ2n) is 5.23. The van der Waals surface area contributed by atoms with E-state index in [0.717, 1.165) is 42.2 Å². The van der Waals surface area contributed by atoms with Crippen LogP contribution in [0.4, 0.5) is 5.82 Å². The molecule has 0 aliphatic carbocycles. The van der Waals surface area contributed by atoms with Crippen LogP contribution in [0.3, 0.4) is 0 Å². The van der Waals surface area contributed by atoms with Crippen molar-refractivity contribution >= 4 is 21.7 Å². The van der Waals surface area contributed by atoms with E-state index in [9.17, 15) is 0 Å². The van der Waals surface area contributed by atoms with Gasteiger partial charge in [0.2, 0.25) is 0 Å². The SMILES string of the molecule is C=CCOC(C)(C)c1cc(N2CCOCC2)ncc1Br. The molecule has 1 aliphatic rings. The van der Waals surface area contributed by atoms with E-state index >= 15 is 0 Å². The molecule has 110 valence electrons. The van der Waals surface area contributed by atoms with Gasteiger partial charge in [0.25, 0.3) is 0 Å². The summed E-state index contributed by atoms with van der Waals surface area (Å²) in [6, 6.07) is 2.10. The number of anilines is 1. The summed E-state index contributed by atoms with van der Waals surface area (Å²) in [4.78, 5) is 6.74. The summed E-state index contributed by atoms with van der Waals surface area (Å²) in [6.45, 7) is 11.6. The van der Waals surface area contributed by atoms with E-state index in [-0.39, 0.29) is 0 Å². The van der Waals surface area contributed by atoms with Crippen molar-refractivity contribution < 1.29 is 9.47 Å². The number of halogens is 1. The molecule has 1 fully saturated rings. The lowest BCUT2D eigenvalue weighted by Crippen LogP contribution is -2.37. The van der Waals surface area contributed by atoms with Crippen LogP contribution in [0.1, 0.15) is 19.4 Å². The molecule has 1 aliphatic heterocycles. The van der Waals surface area contributed by atoms with E-state index in [4.69, 9.17) is 9.47 Å². The van der Waals surface area contributed by atoms with Crippen LogP contribution < -0.4 is 4.90 Å². The van der Waals surface area contributed by atoms with Crippen LogP contribution >= 0.6 is 15.9 Å². The van der Waals surface area contributed by atoms with Crippen LogP contribution in [0.2, 0.25) is 0 Å². The Balaban J connectivity index is 2.25. The third-order valence-electron chi connectivity index (χ3n) is 3.39. The summed E-state index contributed by atoms with van der Waals surface area (Å²) >= 11 is 3.57. The lowest BCUT2D eigenvalue weighted by atomic mass is 9.99. The van der Waals surface area contributed by atoms with Gasteiger partial charge in [0.1, 0.15) is 5.82 Å². The first kappa shape index (κ1) is 15.5. The minimum Gasteiger partial charge on any atom is -0.378 e. The number of aromatic nitrogens is 1. The van der Waals surface area contributed by atoms with E-state index in [1.807, 2.05) is 6.20 Å². The van der Waals surface area contributed by atoms with Crippen LogP contribution in [-0.2, 0) is 15.1 Å². The molecule has 0 amide bonds. The summed E-state index contributed by atoms with van der Waals surface area (Å²) in [5, 5.41) is 0. The van der Waals surface area contributed by atoms with Gasteiger partial charge in [-0.3, -0.25) is 0 Å². The number of ether oxygens (including phenoxy) is 2. The van der Waals surface area contributed by atoms with Gasteiger partial charge in [-0.25, -0.2) is 4.98 Å². The Labute approximate surface area is 128 Å². The highest BCUT2D eigenvalue weighted by molar-refractivity contribution is 9.10. The minimum absolute atomic E-state index is 0.392. The Morgan fingerprint density at radius 3 is 2.85 bits per heavy atom. The molecule has 0 aromatic carbocycles. The molecule has 2 rings (SSSR count). The van der Waals surface area contributed by atoms with Crippen molar-refractivity contribution in [3.8, 4) is 0 Å². The van der Waals surface area contributed by atoms with Crippen LogP contribution in [-0.4, -0.2) is 37.9 Å². The van der Waals surface area contributed by atoms with E-state index in [1.54, 1.807) is 6.08 Å². The smallest absolute Gasteiger partial charge is 0.129 e. The van der Waals surface area contributed by atoms with Gasteiger partial charge in [-0.2, -0.15) is 0 Å². The fourth-order valence-corrected chi connectivity index (χ4v) is 2.89. The van der Waals surface area contributed by atoms with Gasteiger partial charge in [-0.15, -0.1) is 6.58 Å². The Morgan fingerprint density at radius 1 is 1.50 bits per heavy atom. The van der Waals surface area contributed by atoms with E-state index < -0.39 is 5.60 Å². The Bertz CT molecular complexity index is 471. The van der Waals surface area contributed by atoms with Crippen molar-refractivity contribution in [1.82, 2.24) is 4.98 Å². The summed E-state index contributed by atoms with van der Waals surface area (Å²) in [6.07, 6.45) is 3.61. The normalized spacial score (nSPS) is 16.2. The fourth-order valence-electron chi connectivity index (χ4n) is 2.20. The zero-order chi connectivity index (χ0) is 14.6. The first-order valence-electron chi connectivity index (χ1n) is 6.78. The van der Waals surface area contributed by atoms with Crippen molar-refractivity contribution in [2.75, 3.05) is 37.8 Å². The average molecular weight is 341 g/mol. The maximum Gasteiger partial charge on any atom is 0.129 e. The third kappa shape index (κ3) is 3.59. The molecule has 20 heavy (non-hydrogen) atoms. The molecule has 4 nitrogen and oxygen atoms in total. The molecule has 0 bridgehead atoms. The summed E-state index contributed by atoms with van der Waals surface area (Å²) in [5.41, 5.74) is 0.702. The largest absolute Gasteiger partial charge is 0.378 e. The fraction of sp³-hybridized carbons (Fsp3) is 0.533. The molecule has 0 radical (unpaired) electrons. The monoisotopic (exact) mass is 340 g/mol. The number of hydrogen-bond donors (Lipinski definition) is 0. The lowest BCUT2D eigenvalue weighted by molar-refractivity contribution is -0.00522. The van der Waals surface area contributed by atoms with Gasteiger partial charge in [0.15, 0.2) is 0 Å². The zero-order valence-electron chi connectivity index (χ0n) is 12.1. The molecule has 0 saturated carbocycles. The Morgan fingerprint density at radius 2 is 2.20 bits per heavy atom. The first-order valence-corrected chi connectivity index (χ1v) is 7.57. The Kier molecular flexibility index (Phi) is 5.18. The van der Waals surface area contributed by atoms with Crippen molar-refractivity contribution in [3.63, 3.8) is 0 Å².